The second-order valence-electron chi connectivity index (χ2n) is 5.76. The maximum atomic E-state index is 9.87. The van der Waals surface area contributed by atoms with Crippen LogP contribution < -0.4 is 5.32 Å². The summed E-state index contributed by atoms with van der Waals surface area (Å²) < 4.78 is 5.28. The van der Waals surface area contributed by atoms with Crippen molar-refractivity contribution in [3.05, 3.63) is 0 Å². The number of ether oxygens (including phenoxy) is 1. The average Bonchev–Trinajstić information content (AvgIpc) is 2.32. The maximum Gasteiger partial charge on any atom is 0.202 e. The molecule has 8 heteroatoms. The SMILES string of the molecule is C[N+](C)(C)C(O)CN[C@@H]1[C@@H](O)[C@H](O)[C@@H](CO)O[C@H]1O. The molecule has 6 N–H and O–H groups in total. The number of nitrogens with one attached hydrogen (secondary N) is 1. The second kappa shape index (κ2) is 6.42. The molecule has 6 atom stereocenters. The van der Waals surface area contributed by atoms with Gasteiger partial charge >= 0.3 is 0 Å². The van der Waals surface area contributed by atoms with Gasteiger partial charge in [0.2, 0.25) is 6.23 Å². The van der Waals surface area contributed by atoms with E-state index < -0.39 is 43.5 Å². The van der Waals surface area contributed by atoms with Crippen LogP contribution in [0.15, 0.2) is 0 Å². The first kappa shape index (κ1) is 16.7. The quantitative estimate of drug-likeness (QED) is 0.227. The summed E-state index contributed by atoms with van der Waals surface area (Å²) in [5.74, 6) is 0. The molecule has 19 heavy (non-hydrogen) atoms. The van der Waals surface area contributed by atoms with E-state index in [-0.39, 0.29) is 11.0 Å². The summed E-state index contributed by atoms with van der Waals surface area (Å²) in [5.41, 5.74) is 0. The second-order valence-corrected chi connectivity index (χ2v) is 5.76. The summed E-state index contributed by atoms with van der Waals surface area (Å²) in [7, 11) is 5.40. The van der Waals surface area contributed by atoms with Crippen LogP contribution in [0.2, 0.25) is 0 Å². The van der Waals surface area contributed by atoms with Crippen LogP contribution in [0, 0.1) is 0 Å². The van der Waals surface area contributed by atoms with Crippen LogP contribution in [0.3, 0.4) is 0 Å². The molecule has 0 amide bonds. The third-order valence-corrected chi connectivity index (χ3v) is 3.33. The zero-order valence-electron chi connectivity index (χ0n) is 11.5. The van der Waals surface area contributed by atoms with Crippen molar-refractivity contribution in [2.24, 2.45) is 0 Å². The van der Waals surface area contributed by atoms with Crippen LogP contribution in [0.5, 0.6) is 0 Å². The summed E-state index contributed by atoms with van der Waals surface area (Å²) in [6.07, 6.45) is -5.72. The molecule has 1 aliphatic heterocycles. The van der Waals surface area contributed by atoms with E-state index in [1.165, 1.54) is 0 Å². The van der Waals surface area contributed by atoms with Crippen molar-refractivity contribution < 1.29 is 34.8 Å². The lowest BCUT2D eigenvalue weighted by atomic mass is 9.97. The molecule has 1 saturated heterocycles. The van der Waals surface area contributed by atoms with Crippen LogP contribution in [-0.2, 0) is 4.74 Å². The predicted octanol–water partition coefficient (Wildman–Crippen LogP) is -3.60. The molecule has 114 valence electrons. The molecule has 0 aromatic rings. The lowest BCUT2D eigenvalue weighted by Gasteiger charge is -2.41. The van der Waals surface area contributed by atoms with Crippen LogP contribution >= 0.6 is 0 Å². The monoisotopic (exact) mass is 281 g/mol. The molecule has 0 aromatic heterocycles. The standard InChI is InChI=1S/C11H25N2O6/c1-13(2,3)7(15)4-12-8-10(17)9(16)6(5-14)19-11(8)18/h6-12,14-18H,4-5H2,1-3H3/q+1/t6-,7?,8-,9-,10-,11-/m1/s1. The molecule has 1 rings (SSSR count). The van der Waals surface area contributed by atoms with E-state index in [0.717, 1.165) is 0 Å². The van der Waals surface area contributed by atoms with Gasteiger partial charge in [0.15, 0.2) is 6.29 Å². The van der Waals surface area contributed by atoms with Crippen molar-refractivity contribution >= 4 is 0 Å². The van der Waals surface area contributed by atoms with Crippen molar-refractivity contribution in [2.45, 2.75) is 36.9 Å². The number of hydrogen-bond acceptors (Lipinski definition) is 7. The molecule has 0 bridgehead atoms. The first-order valence-electron chi connectivity index (χ1n) is 6.21. The summed E-state index contributed by atoms with van der Waals surface area (Å²) in [4.78, 5) is 0. The third-order valence-electron chi connectivity index (χ3n) is 3.33. The van der Waals surface area contributed by atoms with Gasteiger partial charge in [0, 0.05) is 0 Å². The number of aliphatic hydroxyl groups is 5. The zero-order valence-corrected chi connectivity index (χ0v) is 11.5. The number of likely N-dealkylation sites (N-methyl/N-ethyl adjacent to an activating group) is 1. The number of hydrogen-bond donors (Lipinski definition) is 6. The molecule has 0 saturated carbocycles. The van der Waals surface area contributed by atoms with Gasteiger partial charge in [-0.25, -0.2) is 0 Å². The number of quaternary nitrogens is 1. The van der Waals surface area contributed by atoms with Gasteiger partial charge in [-0.1, -0.05) is 0 Å². The minimum Gasteiger partial charge on any atom is -0.394 e. The highest BCUT2D eigenvalue weighted by molar-refractivity contribution is 4.92. The Morgan fingerprint density at radius 3 is 2.21 bits per heavy atom. The Kier molecular flexibility index (Phi) is 5.65. The average molecular weight is 281 g/mol. The van der Waals surface area contributed by atoms with Crippen molar-refractivity contribution in [1.29, 1.82) is 0 Å². The lowest BCUT2D eigenvalue weighted by Crippen LogP contribution is -2.65. The Balaban J connectivity index is 2.58. The highest BCUT2D eigenvalue weighted by Gasteiger charge is 2.43. The normalized spacial score (nSPS) is 38.2. The molecule has 8 nitrogen and oxygen atoms in total. The van der Waals surface area contributed by atoms with E-state index in [1.807, 2.05) is 0 Å². The Morgan fingerprint density at radius 1 is 1.16 bits per heavy atom. The van der Waals surface area contributed by atoms with Crippen molar-refractivity contribution in [1.82, 2.24) is 5.32 Å². The van der Waals surface area contributed by atoms with E-state index in [1.54, 1.807) is 21.1 Å². The van der Waals surface area contributed by atoms with E-state index in [2.05, 4.69) is 5.32 Å². The predicted molar refractivity (Wildman–Crippen MR) is 65.8 cm³/mol. The highest BCUT2D eigenvalue weighted by Crippen LogP contribution is 2.19. The van der Waals surface area contributed by atoms with E-state index in [4.69, 9.17) is 9.84 Å². The van der Waals surface area contributed by atoms with Gasteiger partial charge < -0.3 is 34.8 Å². The van der Waals surface area contributed by atoms with Gasteiger partial charge in [0.05, 0.1) is 40.3 Å². The number of aliphatic hydroxyl groups excluding tert-OH is 5. The Labute approximate surface area is 112 Å². The minimum atomic E-state index is -1.37. The molecule has 1 heterocycles. The van der Waals surface area contributed by atoms with E-state index in [0.29, 0.717) is 0 Å². The van der Waals surface area contributed by atoms with Crippen LogP contribution in [0.1, 0.15) is 0 Å². The van der Waals surface area contributed by atoms with Gasteiger partial charge in [-0.15, -0.1) is 0 Å². The smallest absolute Gasteiger partial charge is 0.202 e. The number of nitrogens with zero attached hydrogens (tertiary/aromatic N) is 1. The van der Waals surface area contributed by atoms with Gasteiger partial charge in [-0.3, -0.25) is 5.32 Å². The van der Waals surface area contributed by atoms with Crippen LogP contribution in [0.4, 0.5) is 0 Å². The Morgan fingerprint density at radius 2 is 1.74 bits per heavy atom. The van der Waals surface area contributed by atoms with Crippen molar-refractivity contribution in [3.63, 3.8) is 0 Å². The van der Waals surface area contributed by atoms with E-state index in [9.17, 15) is 20.4 Å². The van der Waals surface area contributed by atoms with Crippen molar-refractivity contribution in [3.8, 4) is 0 Å². The lowest BCUT2D eigenvalue weighted by molar-refractivity contribution is -0.917. The Hall–Kier alpha value is -0.320. The molecular weight excluding hydrogens is 256 g/mol. The third kappa shape index (κ3) is 4.07. The molecule has 0 radical (unpaired) electrons. The fraction of sp³-hybridized carbons (Fsp3) is 1.00. The zero-order chi connectivity index (χ0) is 14.8. The minimum absolute atomic E-state index is 0.113. The molecule has 1 fully saturated rings. The molecule has 0 aromatic carbocycles. The van der Waals surface area contributed by atoms with E-state index >= 15 is 0 Å². The fourth-order valence-corrected chi connectivity index (χ4v) is 1.83. The first-order valence-corrected chi connectivity index (χ1v) is 6.21. The summed E-state index contributed by atoms with van der Waals surface area (Å²) in [6.45, 7) is -0.383. The van der Waals surface area contributed by atoms with Crippen molar-refractivity contribution in [2.75, 3.05) is 34.3 Å². The molecular formula is C11H25N2O6+. The van der Waals surface area contributed by atoms with Gasteiger partial charge in [0.1, 0.15) is 18.3 Å². The summed E-state index contributed by atoms with van der Waals surface area (Å²) in [6, 6.07) is -0.931. The largest absolute Gasteiger partial charge is 0.394 e. The van der Waals surface area contributed by atoms with Gasteiger partial charge in [0.25, 0.3) is 0 Å². The molecule has 1 aliphatic rings. The molecule has 0 aliphatic carbocycles. The topological polar surface area (TPSA) is 122 Å². The van der Waals surface area contributed by atoms with Gasteiger partial charge in [-0.2, -0.15) is 0 Å². The van der Waals surface area contributed by atoms with Gasteiger partial charge in [-0.05, 0) is 0 Å². The van der Waals surface area contributed by atoms with Crippen LogP contribution in [0.25, 0.3) is 0 Å². The maximum absolute atomic E-state index is 9.87. The first-order chi connectivity index (χ1) is 8.68. The number of rotatable bonds is 5. The molecule has 1 unspecified atom stereocenters. The fourth-order valence-electron chi connectivity index (χ4n) is 1.83. The Bertz CT molecular complexity index is 285. The summed E-state index contributed by atoms with van der Waals surface area (Å²) >= 11 is 0. The van der Waals surface area contributed by atoms with Crippen LogP contribution in [-0.4, -0.2) is 101 Å². The summed E-state index contributed by atoms with van der Waals surface area (Å²) in [5, 5.41) is 50.9. The highest BCUT2D eigenvalue weighted by atomic mass is 16.6. The molecule has 0 spiro atoms.